The predicted molar refractivity (Wildman–Crippen MR) is 78.2 cm³/mol. The van der Waals surface area contributed by atoms with E-state index < -0.39 is 6.10 Å². The molecule has 0 saturated carbocycles. The maximum absolute atomic E-state index is 12.1. The van der Waals surface area contributed by atoms with Crippen LogP contribution in [0.4, 0.5) is 0 Å². The molecule has 2 N–H and O–H groups in total. The Kier molecular flexibility index (Phi) is 3.68. The number of carbonyl (C=O) groups is 1. The van der Waals surface area contributed by atoms with Gasteiger partial charge in [-0.2, -0.15) is 8.75 Å². The molecule has 3 rings (SSSR count). The number of aliphatic hydroxyl groups excluding tert-OH is 1. The van der Waals surface area contributed by atoms with Gasteiger partial charge in [-0.3, -0.25) is 4.79 Å². The van der Waals surface area contributed by atoms with Crippen LogP contribution < -0.4 is 5.32 Å². The highest BCUT2D eigenvalue weighted by Gasteiger charge is 2.14. The summed E-state index contributed by atoms with van der Waals surface area (Å²) in [5, 5.41) is 12.6. The van der Waals surface area contributed by atoms with E-state index in [4.69, 9.17) is 4.42 Å². The maximum Gasteiger partial charge on any atom is 0.251 e. The van der Waals surface area contributed by atoms with E-state index >= 15 is 0 Å². The summed E-state index contributed by atoms with van der Waals surface area (Å²) in [6.45, 7) is 1.88. The number of rotatable bonds is 4. The largest absolute Gasteiger partial charge is 0.464 e. The normalized spacial score (nSPS) is 12.5. The van der Waals surface area contributed by atoms with Crippen LogP contribution in [0.3, 0.4) is 0 Å². The third kappa shape index (κ3) is 2.93. The van der Waals surface area contributed by atoms with Gasteiger partial charge < -0.3 is 14.8 Å². The van der Waals surface area contributed by atoms with Crippen LogP contribution in [0, 0.1) is 6.92 Å². The van der Waals surface area contributed by atoms with Crippen LogP contribution >= 0.6 is 11.7 Å². The monoisotopic (exact) mass is 303 g/mol. The number of amides is 1. The lowest BCUT2D eigenvalue weighted by Gasteiger charge is -2.09. The first-order valence-corrected chi connectivity index (χ1v) is 7.11. The molecule has 0 unspecified atom stereocenters. The third-order valence-electron chi connectivity index (χ3n) is 3.06. The quantitative estimate of drug-likeness (QED) is 0.770. The number of aryl methyl sites for hydroxylation is 1. The molecule has 7 heteroatoms. The van der Waals surface area contributed by atoms with Gasteiger partial charge in [-0.1, -0.05) is 0 Å². The zero-order chi connectivity index (χ0) is 14.8. The summed E-state index contributed by atoms with van der Waals surface area (Å²) in [4.78, 5) is 12.1. The molecule has 0 radical (unpaired) electrons. The summed E-state index contributed by atoms with van der Waals surface area (Å²) < 4.78 is 13.5. The van der Waals surface area contributed by atoms with Gasteiger partial charge in [0.1, 0.15) is 28.7 Å². The van der Waals surface area contributed by atoms with Crippen molar-refractivity contribution in [2.45, 2.75) is 13.0 Å². The van der Waals surface area contributed by atoms with E-state index in [9.17, 15) is 9.90 Å². The molecule has 0 saturated heterocycles. The van der Waals surface area contributed by atoms with Crippen molar-refractivity contribution < 1.29 is 14.3 Å². The van der Waals surface area contributed by atoms with E-state index in [2.05, 4.69) is 14.1 Å². The van der Waals surface area contributed by atoms with E-state index in [1.165, 1.54) is 0 Å². The number of aliphatic hydroxyl groups is 1. The molecular formula is C14H13N3O3S. The van der Waals surface area contributed by atoms with Crippen LogP contribution in [0.5, 0.6) is 0 Å². The van der Waals surface area contributed by atoms with Gasteiger partial charge in [-0.25, -0.2) is 0 Å². The highest BCUT2D eigenvalue weighted by atomic mass is 32.1. The molecule has 21 heavy (non-hydrogen) atoms. The number of benzene rings is 1. The molecule has 0 fully saturated rings. The molecule has 0 spiro atoms. The summed E-state index contributed by atoms with van der Waals surface area (Å²) in [7, 11) is 0. The molecule has 1 amide bonds. The van der Waals surface area contributed by atoms with Crippen LogP contribution in [0.25, 0.3) is 11.0 Å². The Hall–Kier alpha value is -2.25. The molecule has 0 aliphatic heterocycles. The van der Waals surface area contributed by atoms with Gasteiger partial charge >= 0.3 is 0 Å². The van der Waals surface area contributed by atoms with Crippen LogP contribution in [0.1, 0.15) is 28.0 Å². The SMILES string of the molecule is Cc1ccc([C@@H](O)CNC(=O)c2ccc3nsnc3c2)o1. The average molecular weight is 303 g/mol. The molecular weight excluding hydrogens is 290 g/mol. The topological polar surface area (TPSA) is 88.2 Å². The van der Waals surface area contributed by atoms with Gasteiger partial charge in [0.25, 0.3) is 5.91 Å². The zero-order valence-electron chi connectivity index (χ0n) is 11.2. The van der Waals surface area contributed by atoms with E-state index in [0.717, 1.165) is 23.0 Å². The Morgan fingerprint density at radius 1 is 1.33 bits per heavy atom. The van der Waals surface area contributed by atoms with E-state index in [1.54, 1.807) is 37.3 Å². The Balaban J connectivity index is 1.65. The summed E-state index contributed by atoms with van der Waals surface area (Å²) in [6.07, 6.45) is -0.868. The third-order valence-corrected chi connectivity index (χ3v) is 3.62. The molecule has 1 aromatic carbocycles. The average Bonchev–Trinajstić information content (AvgIpc) is 3.12. The van der Waals surface area contributed by atoms with Gasteiger partial charge in [0.2, 0.25) is 0 Å². The first kappa shape index (κ1) is 13.7. The molecule has 0 aliphatic rings. The van der Waals surface area contributed by atoms with E-state index in [-0.39, 0.29) is 12.5 Å². The minimum atomic E-state index is -0.868. The number of hydrogen-bond acceptors (Lipinski definition) is 6. The van der Waals surface area contributed by atoms with Gasteiger partial charge in [-0.15, -0.1) is 0 Å². The minimum absolute atomic E-state index is 0.0825. The number of nitrogens with one attached hydrogen (secondary N) is 1. The lowest BCUT2D eigenvalue weighted by atomic mass is 10.2. The minimum Gasteiger partial charge on any atom is -0.464 e. The van der Waals surface area contributed by atoms with Gasteiger partial charge in [-0.05, 0) is 37.3 Å². The Labute approximate surface area is 124 Å². The van der Waals surface area contributed by atoms with Crippen molar-refractivity contribution >= 4 is 28.7 Å². The number of nitrogens with zero attached hydrogens (tertiary/aromatic N) is 2. The van der Waals surface area contributed by atoms with Crippen molar-refractivity contribution in [1.29, 1.82) is 0 Å². The number of carbonyl (C=O) groups excluding carboxylic acids is 1. The highest BCUT2D eigenvalue weighted by molar-refractivity contribution is 7.00. The lowest BCUT2D eigenvalue weighted by Crippen LogP contribution is -2.28. The maximum atomic E-state index is 12.1. The second-order valence-corrected chi connectivity index (χ2v) is 5.17. The van der Waals surface area contributed by atoms with Crippen LogP contribution in [0.15, 0.2) is 34.7 Å². The van der Waals surface area contributed by atoms with Gasteiger partial charge in [0, 0.05) is 5.56 Å². The van der Waals surface area contributed by atoms with Crippen LogP contribution in [0.2, 0.25) is 0 Å². The number of furan rings is 1. The van der Waals surface area contributed by atoms with E-state index in [1.807, 2.05) is 0 Å². The fourth-order valence-electron chi connectivity index (χ4n) is 1.95. The molecule has 6 nitrogen and oxygen atoms in total. The van der Waals surface area contributed by atoms with Crippen LogP contribution in [-0.4, -0.2) is 26.3 Å². The molecule has 3 aromatic rings. The first-order valence-electron chi connectivity index (χ1n) is 6.38. The van der Waals surface area contributed by atoms with Crippen molar-refractivity contribution in [1.82, 2.24) is 14.1 Å². The van der Waals surface area contributed by atoms with Crippen molar-refractivity contribution in [3.8, 4) is 0 Å². The number of fused-ring (bicyclic) bond motifs is 1. The van der Waals surface area contributed by atoms with Crippen molar-refractivity contribution in [3.63, 3.8) is 0 Å². The molecule has 0 aliphatic carbocycles. The highest BCUT2D eigenvalue weighted by Crippen LogP contribution is 2.16. The Bertz CT molecular complexity index is 780. The summed E-state index contributed by atoms with van der Waals surface area (Å²) >= 11 is 1.11. The second kappa shape index (κ2) is 5.63. The molecule has 2 heterocycles. The summed E-state index contributed by atoms with van der Waals surface area (Å²) in [5.41, 5.74) is 1.94. The van der Waals surface area contributed by atoms with Crippen molar-refractivity contribution in [2.75, 3.05) is 6.54 Å². The Morgan fingerprint density at radius 2 is 2.14 bits per heavy atom. The fraction of sp³-hybridized carbons (Fsp3) is 0.214. The standard InChI is InChI=1S/C14H13N3O3S/c1-8-2-5-13(20-8)12(18)7-15-14(19)9-3-4-10-11(6-9)17-21-16-10/h2-6,12,18H,7H2,1H3,(H,15,19)/t12-/m0/s1. The smallest absolute Gasteiger partial charge is 0.251 e. The molecule has 0 bridgehead atoms. The molecule has 1 atom stereocenters. The zero-order valence-corrected chi connectivity index (χ0v) is 12.1. The summed E-state index contributed by atoms with van der Waals surface area (Å²) in [5.74, 6) is 0.885. The predicted octanol–water partition coefficient (Wildman–Crippen LogP) is 2.06. The Morgan fingerprint density at radius 3 is 2.90 bits per heavy atom. The first-order chi connectivity index (χ1) is 10.1. The lowest BCUT2D eigenvalue weighted by molar-refractivity contribution is 0.0900. The number of hydrogen-bond donors (Lipinski definition) is 2. The van der Waals surface area contributed by atoms with Crippen LogP contribution in [-0.2, 0) is 0 Å². The molecule has 2 aromatic heterocycles. The fourth-order valence-corrected chi connectivity index (χ4v) is 2.47. The van der Waals surface area contributed by atoms with Crippen molar-refractivity contribution in [2.24, 2.45) is 0 Å². The van der Waals surface area contributed by atoms with E-state index in [0.29, 0.717) is 16.8 Å². The molecule has 108 valence electrons. The number of aromatic nitrogens is 2. The van der Waals surface area contributed by atoms with Crippen molar-refractivity contribution in [3.05, 3.63) is 47.4 Å². The van der Waals surface area contributed by atoms with Gasteiger partial charge in [0.05, 0.1) is 18.3 Å². The summed E-state index contributed by atoms with van der Waals surface area (Å²) in [6, 6.07) is 8.57. The second-order valence-electron chi connectivity index (χ2n) is 4.64. The van der Waals surface area contributed by atoms with Gasteiger partial charge in [0.15, 0.2) is 0 Å².